The van der Waals surface area contributed by atoms with E-state index < -0.39 is 0 Å². The maximum Gasteiger partial charge on any atom is 0.115 e. The predicted octanol–water partition coefficient (Wildman–Crippen LogP) is 1.93. The summed E-state index contributed by atoms with van der Waals surface area (Å²) in [6.07, 6.45) is 0. The van der Waals surface area contributed by atoms with Crippen molar-refractivity contribution in [3.05, 3.63) is 30.3 Å². The van der Waals surface area contributed by atoms with Crippen LogP contribution in [0.15, 0.2) is 30.3 Å². The molecule has 1 aromatic rings. The Morgan fingerprint density at radius 3 is 0.895 bits per heavy atom. The molecule has 1 N–H and O–H groups in total. The Labute approximate surface area is 120 Å². The van der Waals surface area contributed by atoms with Gasteiger partial charge < -0.3 is 19.8 Å². The highest BCUT2D eigenvalue weighted by atomic mass is 16.3. The number of rotatable bonds is 0. The second-order valence-corrected chi connectivity index (χ2v) is 5.36. The summed E-state index contributed by atoms with van der Waals surface area (Å²) in [6.45, 7) is 0. The minimum Gasteiger partial charge on any atom is -0.508 e. The first-order valence-electron chi connectivity index (χ1n) is 6.16. The van der Waals surface area contributed by atoms with E-state index in [9.17, 15) is 0 Å². The summed E-state index contributed by atoms with van der Waals surface area (Å²) in [5.41, 5.74) is 0. The van der Waals surface area contributed by atoms with Gasteiger partial charge in [-0.3, -0.25) is 0 Å². The van der Waals surface area contributed by atoms with E-state index in [1.54, 1.807) is 24.3 Å². The Morgan fingerprint density at radius 2 is 0.789 bits per heavy atom. The first kappa shape index (κ1) is 23.0. The molecule has 0 bridgehead atoms. The smallest absolute Gasteiger partial charge is 0.115 e. The molecule has 0 unspecified atom stereocenters. The second-order valence-electron chi connectivity index (χ2n) is 5.36. The monoisotopic (exact) mass is 271 g/mol. The van der Waals surface area contributed by atoms with Gasteiger partial charge in [0.15, 0.2) is 0 Å². The van der Waals surface area contributed by atoms with Crippen LogP contribution in [0.5, 0.6) is 5.75 Å². The Balaban J connectivity index is -0.000000189. The van der Waals surface area contributed by atoms with Gasteiger partial charge in [-0.25, -0.2) is 0 Å². The molecule has 0 aromatic heterocycles. The lowest BCUT2D eigenvalue weighted by molar-refractivity contribution is 0.475. The minimum atomic E-state index is 0.322. The van der Waals surface area contributed by atoms with Gasteiger partial charge in [-0.05, 0) is 75.6 Å². The third-order valence-corrected chi connectivity index (χ3v) is 0.756. The van der Waals surface area contributed by atoms with E-state index >= 15 is 0 Å². The topological polar surface area (TPSA) is 30.0 Å². The molecule has 4 nitrogen and oxygen atoms in total. The first-order chi connectivity index (χ1) is 8.59. The van der Waals surface area contributed by atoms with Crippen molar-refractivity contribution in [1.29, 1.82) is 0 Å². The summed E-state index contributed by atoms with van der Waals surface area (Å²) in [5, 5.41) is 8.63. The highest BCUT2D eigenvalue weighted by molar-refractivity contribution is 5.18. The molecule has 4 heteroatoms. The van der Waals surface area contributed by atoms with E-state index in [4.69, 9.17) is 5.11 Å². The molecule has 0 amide bonds. The van der Waals surface area contributed by atoms with Gasteiger partial charge in [0.25, 0.3) is 0 Å². The molecular weight excluding hydrogens is 238 g/mol. The van der Waals surface area contributed by atoms with Crippen LogP contribution in [0.3, 0.4) is 0 Å². The molecule has 0 atom stereocenters. The maximum absolute atomic E-state index is 8.63. The Kier molecular flexibility index (Phi) is 20.5. The number of hydrogen-bond donors (Lipinski definition) is 1. The molecule has 19 heavy (non-hydrogen) atoms. The minimum absolute atomic E-state index is 0.322. The van der Waals surface area contributed by atoms with Crippen molar-refractivity contribution in [3.63, 3.8) is 0 Å². The summed E-state index contributed by atoms with van der Waals surface area (Å²) in [5.74, 6) is 0.322. The van der Waals surface area contributed by atoms with E-state index in [1.165, 1.54) is 0 Å². The number of nitrogens with zero attached hydrogens (tertiary/aromatic N) is 3. The third kappa shape index (κ3) is 78.8. The van der Waals surface area contributed by atoms with E-state index in [2.05, 4.69) is 0 Å². The van der Waals surface area contributed by atoms with Crippen LogP contribution in [0.2, 0.25) is 0 Å². The summed E-state index contributed by atoms with van der Waals surface area (Å²) < 4.78 is 0. The summed E-state index contributed by atoms with van der Waals surface area (Å²) in [7, 11) is 18.0. The van der Waals surface area contributed by atoms with Crippen molar-refractivity contribution in [3.8, 4) is 5.75 Å². The molecule has 0 spiro atoms. The molecule has 0 saturated carbocycles. The molecule has 114 valence electrons. The summed E-state index contributed by atoms with van der Waals surface area (Å²) in [4.78, 5) is 6.00. The molecule has 1 rings (SSSR count). The second kappa shape index (κ2) is 16.9. The zero-order valence-corrected chi connectivity index (χ0v) is 14.2. The van der Waals surface area contributed by atoms with Crippen molar-refractivity contribution in [2.24, 2.45) is 0 Å². The summed E-state index contributed by atoms with van der Waals surface area (Å²) >= 11 is 0. The largest absolute Gasteiger partial charge is 0.508 e. The first-order valence-corrected chi connectivity index (χ1v) is 6.16. The Morgan fingerprint density at radius 1 is 0.579 bits per heavy atom. The van der Waals surface area contributed by atoms with E-state index in [0.29, 0.717) is 5.75 Å². The number of aromatic hydroxyl groups is 1. The SMILES string of the molecule is CN(C)C.CN(C)C.CN(C)C.Oc1ccccc1. The molecule has 1 aromatic carbocycles. The van der Waals surface area contributed by atoms with Crippen LogP contribution in [-0.2, 0) is 0 Å². The van der Waals surface area contributed by atoms with Gasteiger partial charge in [-0.2, -0.15) is 0 Å². The van der Waals surface area contributed by atoms with Crippen LogP contribution >= 0.6 is 0 Å². The average molecular weight is 271 g/mol. The standard InChI is InChI=1S/C6H6O.3C3H9N/c7-6-4-2-1-3-5-6;3*1-4(2)3/h1-5,7H;3*1-3H3. The predicted molar refractivity (Wildman–Crippen MR) is 86.9 cm³/mol. The lowest BCUT2D eigenvalue weighted by Gasteiger charge is -1.90. The van der Waals surface area contributed by atoms with Crippen molar-refractivity contribution in [2.45, 2.75) is 0 Å². The average Bonchev–Trinajstić information content (AvgIpc) is 2.15. The zero-order valence-electron chi connectivity index (χ0n) is 14.2. The van der Waals surface area contributed by atoms with Crippen LogP contribution in [0.4, 0.5) is 0 Å². The van der Waals surface area contributed by atoms with Gasteiger partial charge in [0, 0.05) is 0 Å². The van der Waals surface area contributed by atoms with Gasteiger partial charge in [0.05, 0.1) is 0 Å². The van der Waals surface area contributed by atoms with E-state index in [0.717, 1.165) is 0 Å². The maximum atomic E-state index is 8.63. The number of hydrogen-bond acceptors (Lipinski definition) is 4. The highest BCUT2D eigenvalue weighted by Crippen LogP contribution is 2.02. The van der Waals surface area contributed by atoms with Gasteiger partial charge in [0.2, 0.25) is 0 Å². The Bertz CT molecular complexity index is 226. The quantitative estimate of drug-likeness (QED) is 0.781. The van der Waals surface area contributed by atoms with Gasteiger partial charge >= 0.3 is 0 Å². The fourth-order valence-electron chi connectivity index (χ4n) is 0.428. The van der Waals surface area contributed by atoms with Crippen LogP contribution in [-0.4, -0.2) is 83.2 Å². The molecule has 0 heterocycles. The highest BCUT2D eigenvalue weighted by Gasteiger charge is 1.74. The molecule has 0 fully saturated rings. The molecule has 0 aliphatic carbocycles. The number of para-hydroxylation sites is 1. The molecular formula is C15H33N3O. The normalized spacial score (nSPS) is 8.84. The molecule has 0 aliphatic heterocycles. The number of benzene rings is 1. The van der Waals surface area contributed by atoms with Crippen molar-refractivity contribution < 1.29 is 5.11 Å². The molecule has 0 radical (unpaired) electrons. The fraction of sp³-hybridized carbons (Fsp3) is 0.600. The van der Waals surface area contributed by atoms with Crippen LogP contribution in [0.25, 0.3) is 0 Å². The Hall–Kier alpha value is -1.10. The van der Waals surface area contributed by atoms with E-state index in [-0.39, 0.29) is 0 Å². The molecule has 0 saturated heterocycles. The van der Waals surface area contributed by atoms with Crippen molar-refractivity contribution >= 4 is 0 Å². The molecule has 0 aliphatic rings. The lowest BCUT2D eigenvalue weighted by Crippen LogP contribution is -1.99. The van der Waals surface area contributed by atoms with Crippen LogP contribution in [0.1, 0.15) is 0 Å². The van der Waals surface area contributed by atoms with Gasteiger partial charge in [-0.15, -0.1) is 0 Å². The van der Waals surface area contributed by atoms with Crippen molar-refractivity contribution in [2.75, 3.05) is 63.4 Å². The van der Waals surface area contributed by atoms with Crippen LogP contribution in [0, 0.1) is 0 Å². The van der Waals surface area contributed by atoms with Crippen LogP contribution < -0.4 is 0 Å². The zero-order chi connectivity index (χ0) is 15.8. The number of phenolic OH excluding ortho intramolecular Hbond substituents is 1. The fourth-order valence-corrected chi connectivity index (χ4v) is 0.428. The lowest BCUT2D eigenvalue weighted by atomic mass is 10.3. The summed E-state index contributed by atoms with van der Waals surface area (Å²) in [6, 6.07) is 8.71. The third-order valence-electron chi connectivity index (χ3n) is 0.756. The number of phenols is 1. The van der Waals surface area contributed by atoms with Gasteiger partial charge in [-0.1, -0.05) is 18.2 Å². The van der Waals surface area contributed by atoms with E-state index in [1.807, 2.05) is 84.2 Å². The van der Waals surface area contributed by atoms with Crippen molar-refractivity contribution in [1.82, 2.24) is 14.7 Å². The van der Waals surface area contributed by atoms with Gasteiger partial charge in [0.1, 0.15) is 5.75 Å².